The summed E-state index contributed by atoms with van der Waals surface area (Å²) in [6, 6.07) is 1.07. The molecule has 2 unspecified atom stereocenters. The summed E-state index contributed by atoms with van der Waals surface area (Å²) in [7, 11) is 0. The molecule has 2 heterocycles. The van der Waals surface area contributed by atoms with Gasteiger partial charge >= 0.3 is 0 Å². The van der Waals surface area contributed by atoms with Crippen LogP contribution in [0, 0.1) is 0 Å². The van der Waals surface area contributed by atoms with Crippen molar-refractivity contribution in [2.45, 2.75) is 44.7 Å². The van der Waals surface area contributed by atoms with Crippen LogP contribution in [-0.2, 0) is 4.79 Å². The van der Waals surface area contributed by atoms with Crippen LogP contribution in [0.15, 0.2) is 0 Å². The Balaban J connectivity index is 1.84. The first-order valence-electron chi connectivity index (χ1n) is 6.53. The highest BCUT2D eigenvalue weighted by Gasteiger charge is 2.27. The Morgan fingerprint density at radius 1 is 1.44 bits per heavy atom. The molecule has 2 aliphatic heterocycles. The van der Waals surface area contributed by atoms with Crippen molar-refractivity contribution in [3.63, 3.8) is 0 Å². The topological polar surface area (TPSA) is 44.4 Å². The van der Waals surface area contributed by atoms with Gasteiger partial charge in [0.05, 0.1) is 0 Å². The average molecular weight is 225 g/mol. The first kappa shape index (κ1) is 11.9. The second kappa shape index (κ2) is 5.64. The average Bonchev–Trinajstić information content (AvgIpc) is 2.88. The van der Waals surface area contributed by atoms with Gasteiger partial charge in [-0.3, -0.25) is 9.69 Å². The van der Waals surface area contributed by atoms with Crippen LogP contribution in [0.25, 0.3) is 0 Å². The first-order chi connectivity index (χ1) is 7.79. The maximum atomic E-state index is 11.2. The Bertz CT molecular complexity index is 238. The molecule has 0 spiro atoms. The lowest BCUT2D eigenvalue weighted by molar-refractivity contribution is -0.119. The van der Waals surface area contributed by atoms with E-state index in [1.165, 1.54) is 12.8 Å². The molecule has 2 fully saturated rings. The number of hydrogen-bond acceptors (Lipinski definition) is 3. The van der Waals surface area contributed by atoms with E-state index in [4.69, 9.17) is 0 Å². The lowest BCUT2D eigenvalue weighted by Crippen LogP contribution is -2.45. The van der Waals surface area contributed by atoms with Crippen molar-refractivity contribution < 1.29 is 4.79 Å². The van der Waals surface area contributed by atoms with E-state index in [0.29, 0.717) is 18.5 Å². The second-order valence-electron chi connectivity index (χ2n) is 4.94. The van der Waals surface area contributed by atoms with Gasteiger partial charge in [-0.25, -0.2) is 0 Å². The number of carbonyl (C=O) groups excluding carboxylic acids is 1. The molecule has 0 aromatic heterocycles. The fourth-order valence-corrected chi connectivity index (χ4v) is 2.76. The molecule has 16 heavy (non-hydrogen) atoms. The van der Waals surface area contributed by atoms with Crippen LogP contribution in [0.2, 0.25) is 0 Å². The maximum Gasteiger partial charge on any atom is 0.220 e. The zero-order chi connectivity index (χ0) is 11.4. The van der Waals surface area contributed by atoms with Crippen LogP contribution in [0.3, 0.4) is 0 Å². The fraction of sp³-hybridized carbons (Fsp3) is 0.917. The molecular formula is C12H23N3O. The van der Waals surface area contributed by atoms with Crippen LogP contribution in [0.5, 0.6) is 0 Å². The molecule has 2 atom stereocenters. The largest absolute Gasteiger partial charge is 0.352 e. The molecule has 92 valence electrons. The summed E-state index contributed by atoms with van der Waals surface area (Å²) in [5.74, 6) is 0.228. The Kier molecular flexibility index (Phi) is 4.18. The summed E-state index contributed by atoms with van der Waals surface area (Å²) in [6.45, 7) is 6.66. The Hall–Kier alpha value is -0.610. The number of amides is 1. The van der Waals surface area contributed by atoms with Crippen molar-refractivity contribution in [2.24, 2.45) is 0 Å². The van der Waals surface area contributed by atoms with E-state index in [1.54, 1.807) is 0 Å². The quantitative estimate of drug-likeness (QED) is 0.709. The van der Waals surface area contributed by atoms with Crippen molar-refractivity contribution in [3.8, 4) is 0 Å². The van der Waals surface area contributed by atoms with Crippen LogP contribution in [0.4, 0.5) is 0 Å². The van der Waals surface area contributed by atoms with E-state index < -0.39 is 0 Å². The van der Waals surface area contributed by atoms with Gasteiger partial charge in [0.1, 0.15) is 0 Å². The van der Waals surface area contributed by atoms with E-state index in [-0.39, 0.29) is 5.91 Å². The van der Waals surface area contributed by atoms with E-state index in [1.807, 2.05) is 0 Å². The fourth-order valence-electron chi connectivity index (χ4n) is 2.76. The number of rotatable bonds is 5. The maximum absolute atomic E-state index is 11.2. The molecule has 2 aliphatic rings. The van der Waals surface area contributed by atoms with Crippen LogP contribution < -0.4 is 10.6 Å². The summed E-state index contributed by atoms with van der Waals surface area (Å²) in [6.07, 6.45) is 4.17. The number of hydrogen-bond donors (Lipinski definition) is 2. The molecule has 4 nitrogen and oxygen atoms in total. The van der Waals surface area contributed by atoms with Gasteiger partial charge in [0.15, 0.2) is 0 Å². The van der Waals surface area contributed by atoms with Crippen LogP contribution in [0.1, 0.15) is 32.6 Å². The molecule has 0 radical (unpaired) electrons. The molecule has 0 saturated carbocycles. The van der Waals surface area contributed by atoms with E-state index in [9.17, 15) is 4.79 Å². The second-order valence-corrected chi connectivity index (χ2v) is 4.94. The zero-order valence-electron chi connectivity index (χ0n) is 10.2. The number of nitrogens with zero attached hydrogens (tertiary/aromatic N) is 1. The first-order valence-corrected chi connectivity index (χ1v) is 6.53. The Morgan fingerprint density at radius 3 is 2.88 bits per heavy atom. The molecule has 2 rings (SSSR count). The minimum absolute atomic E-state index is 0.228. The summed E-state index contributed by atoms with van der Waals surface area (Å²) >= 11 is 0. The lowest BCUT2D eigenvalue weighted by atomic mass is 10.1. The molecule has 0 aromatic rings. The normalized spacial score (nSPS) is 30.0. The molecule has 2 N–H and O–H groups in total. The summed E-state index contributed by atoms with van der Waals surface area (Å²) in [5, 5.41) is 6.48. The third kappa shape index (κ3) is 2.95. The SMILES string of the molecule is CCCN(CC1CCC(=O)N1)C1CCNC1. The molecule has 0 bridgehead atoms. The van der Waals surface area contributed by atoms with E-state index >= 15 is 0 Å². The molecule has 2 saturated heterocycles. The minimum atomic E-state index is 0.228. The Labute approximate surface area is 97.8 Å². The third-order valence-electron chi connectivity index (χ3n) is 3.60. The summed E-state index contributed by atoms with van der Waals surface area (Å²) in [5.41, 5.74) is 0. The van der Waals surface area contributed by atoms with Gasteiger partial charge in [-0.2, -0.15) is 0 Å². The molecule has 0 aromatic carbocycles. The standard InChI is InChI=1S/C12H23N3O/c1-2-7-15(11-5-6-13-8-11)9-10-3-4-12(16)14-10/h10-11,13H,2-9H2,1H3,(H,14,16). The molecule has 1 amide bonds. The molecule has 4 heteroatoms. The minimum Gasteiger partial charge on any atom is -0.352 e. The highest BCUT2D eigenvalue weighted by molar-refractivity contribution is 5.78. The van der Waals surface area contributed by atoms with Gasteiger partial charge in [-0.1, -0.05) is 6.92 Å². The number of nitrogens with one attached hydrogen (secondary N) is 2. The van der Waals surface area contributed by atoms with Gasteiger partial charge in [0.25, 0.3) is 0 Å². The van der Waals surface area contributed by atoms with Crippen molar-refractivity contribution in [3.05, 3.63) is 0 Å². The molecule has 0 aliphatic carbocycles. The monoisotopic (exact) mass is 225 g/mol. The van der Waals surface area contributed by atoms with Gasteiger partial charge in [0, 0.05) is 31.6 Å². The van der Waals surface area contributed by atoms with Crippen molar-refractivity contribution in [2.75, 3.05) is 26.2 Å². The van der Waals surface area contributed by atoms with Crippen LogP contribution >= 0.6 is 0 Å². The summed E-state index contributed by atoms with van der Waals surface area (Å²) in [4.78, 5) is 13.7. The van der Waals surface area contributed by atoms with Gasteiger partial charge < -0.3 is 10.6 Å². The van der Waals surface area contributed by atoms with Gasteiger partial charge in [-0.15, -0.1) is 0 Å². The highest BCUT2D eigenvalue weighted by Crippen LogP contribution is 2.14. The Morgan fingerprint density at radius 2 is 2.31 bits per heavy atom. The highest BCUT2D eigenvalue weighted by atomic mass is 16.1. The van der Waals surface area contributed by atoms with Gasteiger partial charge in [0.2, 0.25) is 5.91 Å². The predicted octanol–water partition coefficient (Wildman–Crippen LogP) is 0.339. The lowest BCUT2D eigenvalue weighted by Gasteiger charge is -2.30. The van der Waals surface area contributed by atoms with Crippen molar-refractivity contribution in [1.29, 1.82) is 0 Å². The zero-order valence-corrected chi connectivity index (χ0v) is 10.2. The predicted molar refractivity (Wildman–Crippen MR) is 64.3 cm³/mol. The van der Waals surface area contributed by atoms with Crippen LogP contribution in [-0.4, -0.2) is 49.1 Å². The van der Waals surface area contributed by atoms with Crippen molar-refractivity contribution >= 4 is 5.91 Å². The smallest absolute Gasteiger partial charge is 0.220 e. The third-order valence-corrected chi connectivity index (χ3v) is 3.60. The van der Waals surface area contributed by atoms with Gasteiger partial charge in [-0.05, 0) is 32.4 Å². The molecular weight excluding hydrogens is 202 g/mol. The van der Waals surface area contributed by atoms with Crippen molar-refractivity contribution in [1.82, 2.24) is 15.5 Å². The van der Waals surface area contributed by atoms with E-state index in [2.05, 4.69) is 22.5 Å². The summed E-state index contributed by atoms with van der Waals surface area (Å²) < 4.78 is 0. The van der Waals surface area contributed by atoms with E-state index in [0.717, 1.165) is 32.6 Å². The number of carbonyl (C=O) groups is 1.